The van der Waals surface area contributed by atoms with Gasteiger partial charge in [-0.2, -0.15) is 0 Å². The van der Waals surface area contributed by atoms with Crippen molar-refractivity contribution in [2.75, 3.05) is 4.72 Å². The van der Waals surface area contributed by atoms with Crippen LogP contribution in [0.2, 0.25) is 15.1 Å². The maximum Gasteiger partial charge on any atom is 0.496 e. The third-order valence-electron chi connectivity index (χ3n) is 5.58. The highest BCUT2D eigenvalue weighted by molar-refractivity contribution is 7.92. The second-order valence-electron chi connectivity index (χ2n) is 8.56. The molecule has 3 rings (SSSR count). The van der Waals surface area contributed by atoms with Gasteiger partial charge in [-0.3, -0.25) is 9.52 Å². The zero-order valence-corrected chi connectivity index (χ0v) is 21.7. The summed E-state index contributed by atoms with van der Waals surface area (Å²) in [5, 5.41) is 0.114. The number of hydrogen-bond acceptors (Lipinski definition) is 6. The summed E-state index contributed by atoms with van der Waals surface area (Å²) in [7, 11) is -4.99. The van der Waals surface area contributed by atoms with Gasteiger partial charge in [-0.25, -0.2) is 8.42 Å². The van der Waals surface area contributed by atoms with Crippen LogP contribution in [0.15, 0.2) is 35.2 Å². The van der Waals surface area contributed by atoms with Crippen LogP contribution in [0.4, 0.5) is 5.69 Å². The van der Waals surface area contributed by atoms with E-state index >= 15 is 0 Å². The lowest BCUT2D eigenvalue weighted by molar-refractivity contribution is -0.142. The quantitative estimate of drug-likeness (QED) is 0.423. The number of rotatable bonds is 6. The molecule has 33 heavy (non-hydrogen) atoms. The summed E-state index contributed by atoms with van der Waals surface area (Å²) in [6.45, 7) is 8.62. The van der Waals surface area contributed by atoms with Crippen LogP contribution in [0.1, 0.15) is 40.2 Å². The summed E-state index contributed by atoms with van der Waals surface area (Å²) < 4.78 is 45.8. The predicted octanol–water partition coefficient (Wildman–Crippen LogP) is 4.81. The fourth-order valence-corrected chi connectivity index (χ4v) is 5.39. The molecule has 0 bridgehead atoms. The van der Waals surface area contributed by atoms with Crippen LogP contribution in [0.25, 0.3) is 0 Å². The van der Waals surface area contributed by atoms with Gasteiger partial charge in [0.15, 0.2) is 0 Å². The summed E-state index contributed by atoms with van der Waals surface area (Å²) in [4.78, 5) is 10.8. The molecule has 0 atom stereocenters. The Kier molecular flexibility index (Phi) is 7.35. The van der Waals surface area contributed by atoms with Crippen LogP contribution in [0, 0.1) is 0 Å². The lowest BCUT2D eigenvalue weighted by Gasteiger charge is -2.32. The molecule has 1 fully saturated rings. The van der Waals surface area contributed by atoms with Crippen LogP contribution in [-0.4, -0.2) is 32.7 Å². The number of esters is 1. The maximum absolute atomic E-state index is 13.2. The van der Waals surface area contributed by atoms with Gasteiger partial charge in [0.05, 0.1) is 26.9 Å². The lowest BCUT2D eigenvalue weighted by Crippen LogP contribution is -2.41. The van der Waals surface area contributed by atoms with Gasteiger partial charge in [0.2, 0.25) is 0 Å². The molecular weight excluding hydrogens is 511 g/mol. The molecule has 12 heteroatoms. The van der Waals surface area contributed by atoms with E-state index in [0.29, 0.717) is 5.46 Å². The average molecular weight is 535 g/mol. The summed E-state index contributed by atoms with van der Waals surface area (Å²) in [5.74, 6) is -0.542. The highest BCUT2D eigenvalue weighted by Crippen LogP contribution is 2.38. The van der Waals surface area contributed by atoms with Crippen LogP contribution in [0.5, 0.6) is 0 Å². The van der Waals surface area contributed by atoms with E-state index in [0.717, 1.165) is 0 Å². The molecule has 0 radical (unpaired) electrons. The summed E-state index contributed by atoms with van der Waals surface area (Å²) in [6, 6.07) is 7.47. The second kappa shape index (κ2) is 9.28. The van der Waals surface area contributed by atoms with Crippen molar-refractivity contribution in [3.63, 3.8) is 0 Å². The number of carbonyl (C=O) groups is 1. The lowest BCUT2D eigenvalue weighted by atomic mass is 9.79. The molecule has 0 unspecified atom stereocenters. The number of ether oxygens (including phenoxy) is 1. The molecule has 0 aromatic heterocycles. The molecular formula is C21H23BCl3NO6S. The van der Waals surface area contributed by atoms with Crippen LogP contribution < -0.4 is 10.2 Å². The van der Waals surface area contributed by atoms with Gasteiger partial charge in [0.1, 0.15) is 11.5 Å². The largest absolute Gasteiger partial charge is 0.496 e. The van der Waals surface area contributed by atoms with Crippen molar-refractivity contribution >= 4 is 69.1 Å². The number of anilines is 1. The first kappa shape index (κ1) is 26.1. The Morgan fingerprint density at radius 2 is 1.67 bits per heavy atom. The minimum Gasteiger partial charge on any atom is -0.461 e. The first-order valence-corrected chi connectivity index (χ1v) is 12.5. The van der Waals surface area contributed by atoms with Crippen molar-refractivity contribution < 1.29 is 27.3 Å². The van der Waals surface area contributed by atoms with Crippen LogP contribution in [0.3, 0.4) is 0 Å². The summed E-state index contributed by atoms with van der Waals surface area (Å²) in [6.07, 6.45) is 0. The first-order chi connectivity index (χ1) is 15.1. The van der Waals surface area contributed by atoms with Crippen LogP contribution in [-0.2, 0) is 35.5 Å². The van der Waals surface area contributed by atoms with Crippen LogP contribution >= 0.6 is 34.8 Å². The Morgan fingerprint density at radius 1 is 1.06 bits per heavy atom. The third-order valence-corrected chi connectivity index (χ3v) is 8.17. The molecule has 0 aliphatic carbocycles. The van der Waals surface area contributed by atoms with Crippen molar-refractivity contribution in [2.24, 2.45) is 0 Å². The standard InChI is InChI=1S/C21H23BCl3NO6S/c1-12(27)30-11-13-9-14(23)10-17(18(13)24)33(28,29)26-16-8-6-7-15(19(16)25)22-31-20(2,3)21(4,5)32-22/h6-10,26H,11H2,1-5H3. The van der Waals surface area contributed by atoms with Gasteiger partial charge >= 0.3 is 13.1 Å². The van der Waals surface area contributed by atoms with Gasteiger partial charge in [0.25, 0.3) is 10.0 Å². The topological polar surface area (TPSA) is 90.9 Å². The molecule has 1 heterocycles. The number of hydrogen-bond donors (Lipinski definition) is 1. The van der Waals surface area contributed by atoms with E-state index in [9.17, 15) is 13.2 Å². The average Bonchev–Trinajstić information content (AvgIpc) is 2.90. The number of benzene rings is 2. The number of sulfonamides is 1. The van der Waals surface area contributed by atoms with Gasteiger partial charge in [-0.15, -0.1) is 0 Å². The smallest absolute Gasteiger partial charge is 0.461 e. The molecule has 0 saturated carbocycles. The highest BCUT2D eigenvalue weighted by Gasteiger charge is 2.52. The summed E-state index contributed by atoms with van der Waals surface area (Å²) in [5.41, 5.74) is -0.353. The van der Waals surface area contributed by atoms with Crippen molar-refractivity contribution in [1.29, 1.82) is 0 Å². The van der Waals surface area contributed by atoms with Gasteiger partial charge in [0, 0.05) is 23.0 Å². The van der Waals surface area contributed by atoms with Gasteiger partial charge in [-0.05, 0) is 45.9 Å². The monoisotopic (exact) mass is 533 g/mol. The van der Waals surface area contributed by atoms with Gasteiger partial charge < -0.3 is 14.0 Å². The molecule has 1 aliphatic rings. The second-order valence-corrected chi connectivity index (χ2v) is 11.4. The molecule has 0 spiro atoms. The van der Waals surface area contributed by atoms with Gasteiger partial charge in [-0.1, -0.05) is 46.9 Å². The number of nitrogens with one attached hydrogen (secondary N) is 1. The Balaban J connectivity index is 1.95. The predicted molar refractivity (Wildman–Crippen MR) is 130 cm³/mol. The Hall–Kier alpha value is -1.49. The minimum absolute atomic E-state index is 0.110. The third kappa shape index (κ3) is 5.44. The van der Waals surface area contributed by atoms with E-state index < -0.39 is 34.3 Å². The molecule has 1 aliphatic heterocycles. The molecule has 178 valence electrons. The minimum atomic E-state index is -4.21. The Morgan fingerprint density at radius 3 is 2.24 bits per heavy atom. The molecule has 1 saturated heterocycles. The Labute approximate surface area is 208 Å². The SMILES string of the molecule is CC(=O)OCc1cc(Cl)cc(S(=O)(=O)Nc2cccc(B3OC(C)(C)C(C)(C)O3)c2Cl)c1Cl. The van der Waals surface area contributed by atoms with E-state index in [1.807, 2.05) is 27.7 Å². The fraction of sp³-hybridized carbons (Fsp3) is 0.381. The van der Waals surface area contributed by atoms with Crippen molar-refractivity contribution in [2.45, 2.75) is 57.3 Å². The zero-order valence-electron chi connectivity index (χ0n) is 18.7. The van der Waals surface area contributed by atoms with E-state index in [-0.39, 0.29) is 37.8 Å². The van der Waals surface area contributed by atoms with Crippen molar-refractivity contribution in [1.82, 2.24) is 0 Å². The molecule has 1 N–H and O–H groups in total. The molecule has 2 aromatic rings. The van der Waals surface area contributed by atoms with E-state index in [4.69, 9.17) is 48.8 Å². The molecule has 0 amide bonds. The highest BCUT2D eigenvalue weighted by atomic mass is 35.5. The van der Waals surface area contributed by atoms with E-state index in [2.05, 4.69) is 4.72 Å². The Bertz CT molecular complexity index is 1190. The molecule has 2 aromatic carbocycles. The van der Waals surface area contributed by atoms with E-state index in [1.54, 1.807) is 12.1 Å². The van der Waals surface area contributed by atoms with E-state index in [1.165, 1.54) is 25.1 Å². The summed E-state index contributed by atoms with van der Waals surface area (Å²) >= 11 is 19.0. The van der Waals surface area contributed by atoms with Crippen molar-refractivity contribution in [3.8, 4) is 0 Å². The maximum atomic E-state index is 13.2. The normalized spacial score (nSPS) is 17.2. The first-order valence-electron chi connectivity index (χ1n) is 9.93. The molecule has 7 nitrogen and oxygen atoms in total. The number of carbonyl (C=O) groups excluding carboxylic acids is 1. The zero-order chi connectivity index (χ0) is 24.8. The van der Waals surface area contributed by atoms with Crippen molar-refractivity contribution in [3.05, 3.63) is 51.0 Å². The fourth-order valence-electron chi connectivity index (χ4n) is 3.08. The number of halogens is 3.